The summed E-state index contributed by atoms with van der Waals surface area (Å²) in [6.07, 6.45) is 0.398. The van der Waals surface area contributed by atoms with E-state index in [1.807, 2.05) is 6.07 Å². The number of hydrogen-bond acceptors (Lipinski definition) is 4. The Labute approximate surface area is 113 Å². The molecule has 0 aliphatic rings. The molecule has 3 aromatic rings. The van der Waals surface area contributed by atoms with Gasteiger partial charge in [0.2, 0.25) is 4.96 Å². The third kappa shape index (κ3) is 2.23. The summed E-state index contributed by atoms with van der Waals surface area (Å²) in [6, 6.07) is 6.70. The fourth-order valence-corrected chi connectivity index (χ4v) is 2.69. The third-order valence-electron chi connectivity index (χ3n) is 2.87. The van der Waals surface area contributed by atoms with Crippen LogP contribution in [-0.2, 0) is 6.42 Å². The largest absolute Gasteiger partial charge is 0.234 e. The first kappa shape index (κ1) is 12.2. The Morgan fingerprint density at radius 1 is 1.26 bits per heavy atom. The van der Waals surface area contributed by atoms with E-state index in [2.05, 4.69) is 29.1 Å². The van der Waals surface area contributed by atoms with Crippen molar-refractivity contribution < 1.29 is 4.39 Å². The van der Waals surface area contributed by atoms with Crippen LogP contribution in [0.25, 0.3) is 4.96 Å². The first-order chi connectivity index (χ1) is 9.15. The fourth-order valence-electron chi connectivity index (χ4n) is 1.83. The van der Waals surface area contributed by atoms with Gasteiger partial charge in [-0.15, -0.1) is 10.2 Å². The van der Waals surface area contributed by atoms with E-state index in [-0.39, 0.29) is 5.82 Å². The van der Waals surface area contributed by atoms with Crippen molar-refractivity contribution in [1.29, 1.82) is 0 Å². The average Bonchev–Trinajstić information content (AvgIpc) is 2.94. The number of halogens is 1. The van der Waals surface area contributed by atoms with Crippen LogP contribution in [0.4, 0.5) is 4.39 Å². The third-order valence-corrected chi connectivity index (χ3v) is 4.07. The van der Waals surface area contributed by atoms with Gasteiger partial charge >= 0.3 is 0 Å². The van der Waals surface area contributed by atoms with Gasteiger partial charge < -0.3 is 0 Å². The summed E-state index contributed by atoms with van der Waals surface area (Å²) in [6.45, 7) is 4.17. The molecule has 0 spiro atoms. The van der Waals surface area contributed by atoms with E-state index >= 15 is 0 Å². The second-order valence-corrected chi connectivity index (χ2v) is 5.66. The monoisotopic (exact) mass is 276 g/mol. The second kappa shape index (κ2) is 4.70. The predicted molar refractivity (Wildman–Crippen MR) is 72.0 cm³/mol. The lowest BCUT2D eigenvalue weighted by atomic mass is 10.1. The van der Waals surface area contributed by atoms with E-state index in [0.29, 0.717) is 23.7 Å². The van der Waals surface area contributed by atoms with Gasteiger partial charge in [0.05, 0.1) is 0 Å². The molecule has 4 nitrogen and oxygen atoms in total. The Bertz CT molecular complexity index is 716. The van der Waals surface area contributed by atoms with Crippen LogP contribution in [0.1, 0.15) is 36.2 Å². The van der Waals surface area contributed by atoms with Crippen molar-refractivity contribution in [2.24, 2.45) is 0 Å². The van der Waals surface area contributed by atoms with E-state index < -0.39 is 0 Å². The van der Waals surface area contributed by atoms with Gasteiger partial charge in [-0.1, -0.05) is 43.4 Å². The number of nitrogens with zero attached hydrogens (tertiary/aromatic N) is 4. The molecule has 0 fully saturated rings. The molecule has 19 heavy (non-hydrogen) atoms. The van der Waals surface area contributed by atoms with Crippen molar-refractivity contribution in [1.82, 2.24) is 19.8 Å². The van der Waals surface area contributed by atoms with Gasteiger partial charge in [-0.05, 0) is 11.6 Å². The highest BCUT2D eigenvalue weighted by atomic mass is 32.1. The highest BCUT2D eigenvalue weighted by Gasteiger charge is 2.14. The molecule has 1 aromatic carbocycles. The molecule has 3 rings (SSSR count). The molecule has 0 atom stereocenters. The van der Waals surface area contributed by atoms with Crippen LogP contribution >= 0.6 is 11.3 Å². The predicted octanol–water partition coefficient (Wildman–Crippen LogP) is 3.04. The van der Waals surface area contributed by atoms with Crippen molar-refractivity contribution in [2.45, 2.75) is 26.2 Å². The Balaban J connectivity index is 1.99. The van der Waals surface area contributed by atoms with Crippen LogP contribution in [0.2, 0.25) is 0 Å². The maximum atomic E-state index is 13.6. The van der Waals surface area contributed by atoms with Crippen LogP contribution < -0.4 is 0 Å². The van der Waals surface area contributed by atoms with Gasteiger partial charge in [0.15, 0.2) is 5.82 Å². The molecule has 6 heteroatoms. The van der Waals surface area contributed by atoms with Gasteiger partial charge in [0.25, 0.3) is 0 Å². The Kier molecular flexibility index (Phi) is 3.02. The van der Waals surface area contributed by atoms with E-state index in [1.165, 1.54) is 17.4 Å². The lowest BCUT2D eigenvalue weighted by molar-refractivity contribution is 0.610. The van der Waals surface area contributed by atoms with Crippen LogP contribution in [-0.4, -0.2) is 19.8 Å². The summed E-state index contributed by atoms with van der Waals surface area (Å²) in [4.78, 5) is 0.759. The Morgan fingerprint density at radius 3 is 2.79 bits per heavy atom. The lowest BCUT2D eigenvalue weighted by Gasteiger charge is -2.00. The normalized spacial score (nSPS) is 11.6. The smallest absolute Gasteiger partial charge is 0.207 e. The van der Waals surface area contributed by atoms with Crippen molar-refractivity contribution in [3.63, 3.8) is 0 Å². The quantitative estimate of drug-likeness (QED) is 0.738. The topological polar surface area (TPSA) is 43.1 Å². The Hall–Kier alpha value is -1.82. The summed E-state index contributed by atoms with van der Waals surface area (Å²) in [7, 11) is 0. The zero-order chi connectivity index (χ0) is 13.4. The average molecular weight is 276 g/mol. The zero-order valence-corrected chi connectivity index (χ0v) is 11.5. The molecule has 0 N–H and O–H groups in total. The number of hydrogen-bond donors (Lipinski definition) is 0. The number of rotatable bonds is 3. The molecule has 0 unspecified atom stereocenters. The second-order valence-electron chi connectivity index (χ2n) is 4.67. The van der Waals surface area contributed by atoms with Crippen molar-refractivity contribution in [3.8, 4) is 0 Å². The van der Waals surface area contributed by atoms with E-state index in [1.54, 1.807) is 16.6 Å². The minimum atomic E-state index is -0.224. The maximum Gasteiger partial charge on any atom is 0.234 e. The lowest BCUT2D eigenvalue weighted by Crippen LogP contribution is -2.00. The molecule has 0 radical (unpaired) electrons. The van der Waals surface area contributed by atoms with Gasteiger partial charge in [-0.2, -0.15) is 9.61 Å². The molecule has 0 saturated heterocycles. The van der Waals surface area contributed by atoms with Crippen molar-refractivity contribution in [2.75, 3.05) is 0 Å². The molecular formula is C13H13FN4S. The maximum absolute atomic E-state index is 13.6. The summed E-state index contributed by atoms with van der Waals surface area (Å²) in [5.41, 5.74) is 0.607. The van der Waals surface area contributed by atoms with Crippen LogP contribution in [0.3, 0.4) is 0 Å². The summed E-state index contributed by atoms with van der Waals surface area (Å²) >= 11 is 1.53. The summed E-state index contributed by atoms with van der Waals surface area (Å²) < 4.78 is 15.4. The molecule has 0 aliphatic heterocycles. The molecule has 2 aromatic heterocycles. The minimum absolute atomic E-state index is 0.224. The van der Waals surface area contributed by atoms with E-state index in [0.717, 1.165) is 9.97 Å². The first-order valence-electron chi connectivity index (χ1n) is 6.09. The number of aromatic nitrogens is 4. The fraction of sp³-hybridized carbons (Fsp3) is 0.308. The molecule has 2 heterocycles. The SMILES string of the molecule is CC(C)c1nn2c(Cc3ccccc3F)nnc2s1. The van der Waals surface area contributed by atoms with Gasteiger partial charge in [-0.3, -0.25) is 0 Å². The van der Waals surface area contributed by atoms with Gasteiger partial charge in [0, 0.05) is 12.3 Å². The van der Waals surface area contributed by atoms with Crippen molar-refractivity contribution >= 4 is 16.3 Å². The number of benzene rings is 1. The number of fused-ring (bicyclic) bond motifs is 1. The minimum Gasteiger partial charge on any atom is -0.207 e. The van der Waals surface area contributed by atoms with Gasteiger partial charge in [-0.25, -0.2) is 4.39 Å². The highest BCUT2D eigenvalue weighted by Crippen LogP contribution is 2.22. The van der Waals surface area contributed by atoms with E-state index in [4.69, 9.17) is 0 Å². The van der Waals surface area contributed by atoms with Gasteiger partial charge in [0.1, 0.15) is 10.8 Å². The van der Waals surface area contributed by atoms with E-state index in [9.17, 15) is 4.39 Å². The standard InChI is InChI=1S/C13H13FN4S/c1-8(2)12-17-18-11(15-16-13(18)19-12)7-9-5-3-4-6-10(9)14/h3-6,8H,7H2,1-2H3. The summed E-state index contributed by atoms with van der Waals surface area (Å²) in [5.74, 6) is 0.801. The molecule has 0 saturated carbocycles. The van der Waals surface area contributed by atoms with Crippen LogP contribution in [0.5, 0.6) is 0 Å². The molecule has 98 valence electrons. The van der Waals surface area contributed by atoms with Crippen molar-refractivity contribution in [3.05, 3.63) is 46.5 Å². The first-order valence-corrected chi connectivity index (χ1v) is 6.91. The zero-order valence-electron chi connectivity index (χ0n) is 10.7. The molecule has 0 aliphatic carbocycles. The molecule has 0 bridgehead atoms. The van der Waals surface area contributed by atoms with Crippen LogP contribution in [0, 0.1) is 5.82 Å². The molecular weight excluding hydrogens is 263 g/mol. The molecule has 0 amide bonds. The highest BCUT2D eigenvalue weighted by molar-refractivity contribution is 7.16. The summed E-state index contributed by atoms with van der Waals surface area (Å²) in [5, 5.41) is 13.7. The Morgan fingerprint density at radius 2 is 2.05 bits per heavy atom. The van der Waals surface area contributed by atoms with Crippen LogP contribution in [0.15, 0.2) is 24.3 Å².